The van der Waals surface area contributed by atoms with E-state index in [2.05, 4.69) is 13.5 Å². The lowest BCUT2D eigenvalue weighted by atomic mass is 9.68. The van der Waals surface area contributed by atoms with E-state index in [1.165, 1.54) is 0 Å². The second kappa shape index (κ2) is 3.56. The highest BCUT2D eigenvalue weighted by Gasteiger charge is 2.59. The molecule has 3 aliphatic rings. The maximum Gasteiger partial charge on any atom is 0.334 e. The molecule has 1 saturated carbocycles. The van der Waals surface area contributed by atoms with Crippen LogP contribution < -0.4 is 0 Å². The lowest BCUT2D eigenvalue weighted by Gasteiger charge is -2.36. The fourth-order valence-electron chi connectivity index (χ4n) is 3.94. The summed E-state index contributed by atoms with van der Waals surface area (Å²) in [6.45, 7) is 7.98. The summed E-state index contributed by atoms with van der Waals surface area (Å²) in [6.07, 6.45) is 5.25. The van der Waals surface area contributed by atoms with Crippen LogP contribution in [0.25, 0.3) is 0 Å². The first-order valence-corrected chi connectivity index (χ1v) is 6.58. The second-order valence-electron chi connectivity index (χ2n) is 6.04. The van der Waals surface area contributed by atoms with E-state index < -0.39 is 5.41 Å². The molecule has 1 aliphatic heterocycles. The molecule has 5 atom stereocenters. The third-order valence-corrected chi connectivity index (χ3v) is 5.12. The zero-order chi connectivity index (χ0) is 13.1. The predicted molar refractivity (Wildman–Crippen MR) is 66.7 cm³/mol. The summed E-state index contributed by atoms with van der Waals surface area (Å²) < 4.78 is 5.49. The van der Waals surface area contributed by atoms with E-state index in [-0.39, 0.29) is 29.7 Å². The molecule has 0 aromatic carbocycles. The van der Waals surface area contributed by atoms with Crippen molar-refractivity contribution in [1.82, 2.24) is 0 Å². The van der Waals surface area contributed by atoms with Crippen LogP contribution in [0, 0.1) is 23.2 Å². The van der Waals surface area contributed by atoms with Crippen LogP contribution in [0.15, 0.2) is 24.3 Å². The molecule has 0 spiro atoms. The topological polar surface area (TPSA) is 43.4 Å². The van der Waals surface area contributed by atoms with Crippen LogP contribution in [0.3, 0.4) is 0 Å². The molecular formula is C15H18O3. The molecule has 0 aromatic heterocycles. The Labute approximate surface area is 107 Å². The van der Waals surface area contributed by atoms with E-state index in [1.807, 2.05) is 13.0 Å². The third-order valence-electron chi connectivity index (χ3n) is 5.12. The molecule has 0 unspecified atom stereocenters. The zero-order valence-electron chi connectivity index (χ0n) is 10.8. The van der Waals surface area contributed by atoms with Crippen LogP contribution in [0.2, 0.25) is 0 Å². The molecule has 1 saturated heterocycles. The van der Waals surface area contributed by atoms with Crippen molar-refractivity contribution < 1.29 is 14.3 Å². The molecule has 18 heavy (non-hydrogen) atoms. The second-order valence-corrected chi connectivity index (χ2v) is 6.04. The van der Waals surface area contributed by atoms with Gasteiger partial charge in [0.25, 0.3) is 0 Å². The van der Waals surface area contributed by atoms with Gasteiger partial charge in [-0.1, -0.05) is 19.6 Å². The van der Waals surface area contributed by atoms with Crippen LogP contribution in [0.4, 0.5) is 0 Å². The average Bonchev–Trinajstić information content (AvgIpc) is 2.75. The molecule has 2 aliphatic carbocycles. The van der Waals surface area contributed by atoms with Gasteiger partial charge in [0.05, 0.1) is 5.41 Å². The van der Waals surface area contributed by atoms with Crippen molar-refractivity contribution >= 4 is 11.8 Å². The maximum atomic E-state index is 12.3. The first kappa shape index (κ1) is 11.7. The lowest BCUT2D eigenvalue weighted by Crippen LogP contribution is -2.45. The summed E-state index contributed by atoms with van der Waals surface area (Å²) in [4.78, 5) is 24.0. The van der Waals surface area contributed by atoms with Gasteiger partial charge >= 0.3 is 5.97 Å². The van der Waals surface area contributed by atoms with Gasteiger partial charge in [0.2, 0.25) is 0 Å². The minimum atomic E-state index is -0.588. The number of carbonyl (C=O) groups is 2. The van der Waals surface area contributed by atoms with Crippen LogP contribution in [-0.2, 0) is 14.3 Å². The third kappa shape index (κ3) is 1.25. The van der Waals surface area contributed by atoms with Crippen molar-refractivity contribution in [2.75, 3.05) is 0 Å². The summed E-state index contributed by atoms with van der Waals surface area (Å²) in [5.41, 5.74) is -0.0378. The molecule has 2 fully saturated rings. The van der Waals surface area contributed by atoms with E-state index in [4.69, 9.17) is 4.74 Å². The smallest absolute Gasteiger partial charge is 0.334 e. The molecule has 3 heteroatoms. The van der Waals surface area contributed by atoms with Crippen molar-refractivity contribution in [3.8, 4) is 0 Å². The quantitative estimate of drug-likeness (QED) is 0.486. The Bertz CT molecular complexity index is 476. The van der Waals surface area contributed by atoms with Gasteiger partial charge in [-0.2, -0.15) is 0 Å². The molecule has 96 valence electrons. The van der Waals surface area contributed by atoms with Crippen molar-refractivity contribution in [3.63, 3.8) is 0 Å². The van der Waals surface area contributed by atoms with Gasteiger partial charge in [-0.3, -0.25) is 4.79 Å². The summed E-state index contributed by atoms with van der Waals surface area (Å²) in [6, 6.07) is 0. The number of ether oxygens (including phenoxy) is 1. The van der Waals surface area contributed by atoms with Crippen LogP contribution in [-0.4, -0.2) is 17.9 Å². The molecule has 3 rings (SSSR count). The standard InChI is InChI=1S/C15H18O3/c1-8-4-5-10-9(2)14(17)18-13(10)15(3)11(8)6-7-12(15)16/h6-8,10-11,13H,2,4-5H2,1,3H3/t8-,10+,11-,13-,15+/m1/s1. The molecule has 1 heterocycles. The highest BCUT2D eigenvalue weighted by molar-refractivity contribution is 6.00. The Hall–Kier alpha value is -1.38. The van der Waals surface area contributed by atoms with Gasteiger partial charge in [0.1, 0.15) is 6.10 Å². The van der Waals surface area contributed by atoms with Gasteiger partial charge < -0.3 is 4.74 Å². The van der Waals surface area contributed by atoms with E-state index in [1.54, 1.807) is 6.08 Å². The Morgan fingerprint density at radius 2 is 2.11 bits per heavy atom. The fourth-order valence-corrected chi connectivity index (χ4v) is 3.94. The summed E-state index contributed by atoms with van der Waals surface area (Å²) in [7, 11) is 0. The number of rotatable bonds is 0. The van der Waals surface area contributed by atoms with Crippen LogP contribution in [0.1, 0.15) is 26.7 Å². The Balaban J connectivity index is 2.08. The molecule has 0 N–H and O–H groups in total. The number of allylic oxidation sites excluding steroid dienone is 2. The van der Waals surface area contributed by atoms with Gasteiger partial charge in [-0.05, 0) is 37.7 Å². The molecular weight excluding hydrogens is 228 g/mol. The van der Waals surface area contributed by atoms with Crippen LogP contribution >= 0.6 is 0 Å². The maximum absolute atomic E-state index is 12.3. The van der Waals surface area contributed by atoms with E-state index >= 15 is 0 Å². The SMILES string of the molecule is C=C1C(=O)O[C@@H]2[C@H]1CC[C@@H](C)[C@H]1C=CC(=O)[C@]12C. The Morgan fingerprint density at radius 1 is 1.39 bits per heavy atom. The molecule has 0 aromatic rings. The van der Waals surface area contributed by atoms with E-state index in [9.17, 15) is 9.59 Å². The molecule has 0 bridgehead atoms. The molecule has 3 nitrogen and oxygen atoms in total. The fraction of sp³-hybridized carbons (Fsp3) is 0.600. The van der Waals surface area contributed by atoms with Gasteiger partial charge in [-0.15, -0.1) is 0 Å². The lowest BCUT2D eigenvalue weighted by molar-refractivity contribution is -0.150. The van der Waals surface area contributed by atoms with Gasteiger partial charge in [0, 0.05) is 11.5 Å². The number of fused-ring (bicyclic) bond motifs is 3. The first-order valence-electron chi connectivity index (χ1n) is 6.58. The monoisotopic (exact) mass is 246 g/mol. The van der Waals surface area contributed by atoms with Crippen molar-refractivity contribution in [3.05, 3.63) is 24.3 Å². The van der Waals surface area contributed by atoms with Crippen molar-refractivity contribution in [2.24, 2.45) is 23.2 Å². The van der Waals surface area contributed by atoms with Crippen molar-refractivity contribution in [1.29, 1.82) is 0 Å². The molecule has 0 radical (unpaired) electrons. The summed E-state index contributed by atoms with van der Waals surface area (Å²) in [5, 5.41) is 0. The largest absolute Gasteiger partial charge is 0.457 e. The predicted octanol–water partition coefficient (Wildman–Crippen LogP) is 2.28. The van der Waals surface area contributed by atoms with E-state index in [0.717, 1.165) is 12.8 Å². The Morgan fingerprint density at radius 3 is 2.83 bits per heavy atom. The van der Waals surface area contributed by atoms with Gasteiger partial charge in [0.15, 0.2) is 5.78 Å². The summed E-state index contributed by atoms with van der Waals surface area (Å²) in [5.74, 6) is 0.408. The van der Waals surface area contributed by atoms with Crippen LogP contribution in [0.5, 0.6) is 0 Å². The minimum Gasteiger partial charge on any atom is -0.457 e. The number of ketones is 1. The Kier molecular flexibility index (Phi) is 2.31. The van der Waals surface area contributed by atoms with E-state index in [0.29, 0.717) is 11.5 Å². The summed E-state index contributed by atoms with van der Waals surface area (Å²) >= 11 is 0. The normalized spacial score (nSPS) is 46.7. The highest BCUT2D eigenvalue weighted by Crippen LogP contribution is 2.54. The number of hydrogen-bond donors (Lipinski definition) is 0. The first-order chi connectivity index (χ1) is 8.46. The number of esters is 1. The average molecular weight is 246 g/mol. The van der Waals surface area contributed by atoms with Crippen molar-refractivity contribution in [2.45, 2.75) is 32.8 Å². The number of hydrogen-bond acceptors (Lipinski definition) is 3. The number of carbonyl (C=O) groups excluding carboxylic acids is 2. The minimum absolute atomic E-state index is 0.0128. The molecule has 0 amide bonds. The highest BCUT2D eigenvalue weighted by atomic mass is 16.6. The zero-order valence-corrected chi connectivity index (χ0v) is 10.8. The van der Waals surface area contributed by atoms with Gasteiger partial charge in [-0.25, -0.2) is 4.79 Å².